The Balaban J connectivity index is 1.60. The molecule has 1 aromatic heterocycles. The van der Waals surface area contributed by atoms with Crippen LogP contribution in [0, 0.1) is 6.92 Å². The van der Waals surface area contributed by atoms with E-state index in [1.807, 2.05) is 60.2 Å². The van der Waals surface area contributed by atoms with E-state index >= 15 is 0 Å². The third-order valence-corrected chi connectivity index (χ3v) is 6.83. The van der Waals surface area contributed by atoms with E-state index in [4.69, 9.17) is 21.1 Å². The number of benzene rings is 2. The van der Waals surface area contributed by atoms with Crippen LogP contribution >= 0.6 is 11.6 Å². The molecule has 0 bridgehead atoms. The van der Waals surface area contributed by atoms with Gasteiger partial charge in [-0.2, -0.15) is 0 Å². The van der Waals surface area contributed by atoms with Crippen molar-refractivity contribution < 1.29 is 19.4 Å². The fourth-order valence-electron chi connectivity index (χ4n) is 4.75. The van der Waals surface area contributed by atoms with Crippen molar-refractivity contribution >= 4 is 17.6 Å². The smallest absolute Gasteiger partial charge is 0.305 e. The maximum absolute atomic E-state index is 13.6. The van der Waals surface area contributed by atoms with E-state index in [2.05, 4.69) is 12.2 Å². The van der Waals surface area contributed by atoms with Gasteiger partial charge in [0.15, 0.2) is 11.5 Å². The first kappa shape index (κ1) is 26.8. The number of halogens is 1. The van der Waals surface area contributed by atoms with E-state index in [0.717, 1.165) is 36.0 Å². The van der Waals surface area contributed by atoms with Gasteiger partial charge in [0.05, 0.1) is 6.42 Å². The van der Waals surface area contributed by atoms with E-state index in [1.165, 1.54) is 0 Å². The second-order valence-electron chi connectivity index (χ2n) is 9.53. The first-order valence-electron chi connectivity index (χ1n) is 12.6. The number of nitrogens with one attached hydrogen (secondary N) is 1. The Bertz CT molecular complexity index is 1310. The van der Waals surface area contributed by atoms with Crippen molar-refractivity contribution in [2.45, 2.75) is 58.0 Å². The quantitative estimate of drug-likeness (QED) is 0.317. The minimum absolute atomic E-state index is 0.0358. The number of aryl methyl sites for hydroxylation is 1. The second-order valence-corrected chi connectivity index (χ2v) is 9.97. The first-order chi connectivity index (χ1) is 17.8. The Morgan fingerprint density at radius 2 is 1.97 bits per heavy atom. The predicted molar refractivity (Wildman–Crippen MR) is 144 cm³/mol. The maximum Gasteiger partial charge on any atom is 0.305 e. The van der Waals surface area contributed by atoms with Gasteiger partial charge in [-0.15, -0.1) is 0 Å². The van der Waals surface area contributed by atoms with Gasteiger partial charge in [-0.25, -0.2) is 0 Å². The van der Waals surface area contributed by atoms with E-state index in [9.17, 15) is 14.7 Å². The number of rotatable bonds is 12. The van der Waals surface area contributed by atoms with E-state index in [-0.39, 0.29) is 24.8 Å². The largest absolute Gasteiger partial charge is 0.481 e. The molecule has 4 rings (SSSR count). The lowest BCUT2D eigenvalue weighted by atomic mass is 10.0. The molecule has 2 atom stereocenters. The average molecular weight is 525 g/mol. The maximum atomic E-state index is 13.6. The lowest BCUT2D eigenvalue weighted by Gasteiger charge is -2.25. The number of unbranched alkanes of at least 4 members (excludes halogenated alkanes) is 1. The Morgan fingerprint density at radius 3 is 2.73 bits per heavy atom. The molecule has 2 N–H and O–H groups in total. The lowest BCUT2D eigenvalue weighted by Crippen LogP contribution is -2.36. The molecule has 8 heteroatoms. The molecule has 7 nitrogen and oxygen atoms in total. The number of hydrogen-bond acceptors (Lipinski definition) is 5. The summed E-state index contributed by atoms with van der Waals surface area (Å²) in [6.45, 7) is 4.71. The standard InChI is InChI=1S/C29H33ClN2O5/c1-3-4-8-24(16-31-25(15-28(33)34)21-9-10-26-27(14-21)37-18-36-26)32-17-19(2)11-22(29(32)35)12-20-6-5-7-23(30)13-20/h5-7,9-11,13-14,17,24-25,31H,3-4,8,12,15-16,18H2,1-2H3,(H,33,34)/t24?,25-/m0/s1. The molecule has 3 aromatic rings. The fraction of sp³-hybridized carbons (Fsp3) is 0.379. The summed E-state index contributed by atoms with van der Waals surface area (Å²) in [6, 6.07) is 14.4. The highest BCUT2D eigenvalue weighted by atomic mass is 35.5. The zero-order chi connectivity index (χ0) is 26.4. The summed E-state index contributed by atoms with van der Waals surface area (Å²) in [5.41, 5.74) is 3.46. The van der Waals surface area contributed by atoms with Crippen LogP contribution in [0.3, 0.4) is 0 Å². The van der Waals surface area contributed by atoms with Gasteiger partial charge in [-0.1, -0.05) is 49.6 Å². The highest BCUT2D eigenvalue weighted by Crippen LogP contribution is 2.35. The molecule has 2 aromatic carbocycles. The topological polar surface area (TPSA) is 89.8 Å². The number of carboxylic acid groups (broad SMARTS) is 1. The molecule has 0 fully saturated rings. The molecule has 0 spiro atoms. The Kier molecular flexibility index (Phi) is 8.90. The molecule has 37 heavy (non-hydrogen) atoms. The van der Waals surface area contributed by atoms with Gasteiger partial charge in [-0.3, -0.25) is 9.59 Å². The van der Waals surface area contributed by atoms with Gasteiger partial charge < -0.3 is 24.5 Å². The number of nitrogens with zero attached hydrogens (tertiary/aromatic N) is 1. The van der Waals surface area contributed by atoms with Crippen LogP contribution in [-0.2, 0) is 11.2 Å². The van der Waals surface area contributed by atoms with Crippen molar-refractivity contribution in [2.24, 2.45) is 0 Å². The molecule has 0 aliphatic carbocycles. The van der Waals surface area contributed by atoms with Crippen molar-refractivity contribution in [2.75, 3.05) is 13.3 Å². The van der Waals surface area contributed by atoms with Crippen LogP contribution in [0.2, 0.25) is 5.02 Å². The lowest BCUT2D eigenvalue weighted by molar-refractivity contribution is -0.137. The van der Waals surface area contributed by atoms with Crippen LogP contribution in [-0.4, -0.2) is 29.0 Å². The fourth-order valence-corrected chi connectivity index (χ4v) is 4.97. The van der Waals surface area contributed by atoms with Gasteiger partial charge >= 0.3 is 5.97 Å². The van der Waals surface area contributed by atoms with Crippen LogP contribution < -0.4 is 20.3 Å². The van der Waals surface area contributed by atoms with Crippen molar-refractivity contribution in [3.63, 3.8) is 0 Å². The highest BCUT2D eigenvalue weighted by molar-refractivity contribution is 6.30. The Morgan fingerprint density at radius 1 is 1.16 bits per heavy atom. The second kappa shape index (κ2) is 12.3. The zero-order valence-electron chi connectivity index (χ0n) is 21.2. The van der Waals surface area contributed by atoms with Crippen molar-refractivity contribution in [3.05, 3.63) is 92.4 Å². The van der Waals surface area contributed by atoms with Crippen LogP contribution in [0.5, 0.6) is 11.5 Å². The highest BCUT2D eigenvalue weighted by Gasteiger charge is 2.22. The number of hydrogen-bond donors (Lipinski definition) is 2. The minimum Gasteiger partial charge on any atom is -0.481 e. The van der Waals surface area contributed by atoms with Crippen LogP contribution in [0.25, 0.3) is 0 Å². The SMILES string of the molecule is CCCCC(CN[C@@H](CC(=O)O)c1ccc2c(c1)OCO2)n1cc(C)cc(Cc2cccc(Cl)c2)c1=O. The number of carboxylic acids is 1. The monoisotopic (exact) mass is 524 g/mol. The number of fused-ring (bicyclic) bond motifs is 1. The summed E-state index contributed by atoms with van der Waals surface area (Å²) >= 11 is 6.16. The number of pyridine rings is 1. The molecule has 0 amide bonds. The van der Waals surface area contributed by atoms with E-state index in [0.29, 0.717) is 35.1 Å². The summed E-state index contributed by atoms with van der Waals surface area (Å²) < 4.78 is 12.7. The van der Waals surface area contributed by atoms with E-state index < -0.39 is 12.0 Å². The molecule has 0 saturated heterocycles. The normalized spacial score (nSPS) is 13.9. The van der Waals surface area contributed by atoms with Crippen molar-refractivity contribution in [1.82, 2.24) is 9.88 Å². The van der Waals surface area contributed by atoms with Crippen molar-refractivity contribution in [3.8, 4) is 11.5 Å². The molecular weight excluding hydrogens is 492 g/mol. The first-order valence-corrected chi connectivity index (χ1v) is 13.0. The summed E-state index contributed by atoms with van der Waals surface area (Å²) in [5, 5.41) is 13.7. The summed E-state index contributed by atoms with van der Waals surface area (Å²) in [7, 11) is 0. The molecule has 1 unspecified atom stereocenters. The predicted octanol–water partition coefficient (Wildman–Crippen LogP) is 5.67. The Labute approximate surface area is 222 Å². The number of aromatic nitrogens is 1. The molecule has 0 saturated carbocycles. The van der Waals surface area contributed by atoms with Crippen LogP contribution in [0.4, 0.5) is 0 Å². The summed E-state index contributed by atoms with van der Waals surface area (Å²) in [6.07, 6.45) is 5.04. The Hall–Kier alpha value is -3.29. The summed E-state index contributed by atoms with van der Waals surface area (Å²) in [5.74, 6) is 0.354. The van der Waals surface area contributed by atoms with Crippen LogP contribution in [0.1, 0.15) is 66.9 Å². The molecule has 196 valence electrons. The molecule has 2 heterocycles. The average Bonchev–Trinajstić information content (AvgIpc) is 3.33. The van der Waals surface area contributed by atoms with E-state index in [1.54, 1.807) is 6.07 Å². The summed E-state index contributed by atoms with van der Waals surface area (Å²) in [4.78, 5) is 25.3. The molecule has 1 aliphatic rings. The number of ether oxygens (including phenoxy) is 2. The van der Waals surface area contributed by atoms with Gasteiger partial charge in [0.2, 0.25) is 6.79 Å². The van der Waals surface area contributed by atoms with Gasteiger partial charge in [0.25, 0.3) is 5.56 Å². The van der Waals surface area contributed by atoms with Crippen LogP contribution in [0.15, 0.2) is 59.5 Å². The van der Waals surface area contributed by atoms with Gasteiger partial charge in [0.1, 0.15) is 0 Å². The third kappa shape index (κ3) is 6.93. The van der Waals surface area contributed by atoms with Gasteiger partial charge in [0, 0.05) is 41.8 Å². The minimum atomic E-state index is -0.906. The van der Waals surface area contributed by atoms with Crippen molar-refractivity contribution in [1.29, 1.82) is 0 Å². The molecule has 0 radical (unpaired) electrons. The number of aliphatic carboxylic acids is 1. The van der Waals surface area contributed by atoms with Gasteiger partial charge in [-0.05, 0) is 60.4 Å². The number of carbonyl (C=O) groups is 1. The zero-order valence-corrected chi connectivity index (χ0v) is 22.0. The molecule has 1 aliphatic heterocycles. The third-order valence-electron chi connectivity index (χ3n) is 6.60. The molecular formula is C29H33ClN2O5.